The summed E-state index contributed by atoms with van der Waals surface area (Å²) in [5, 5.41) is 9.28. The number of likely N-dealkylation sites (tertiary alicyclic amines) is 1. The van der Waals surface area contributed by atoms with E-state index >= 15 is 0 Å². The van der Waals surface area contributed by atoms with E-state index in [1.807, 2.05) is 0 Å². The smallest absolute Gasteiger partial charge is 0.419 e. The highest BCUT2D eigenvalue weighted by Gasteiger charge is 2.55. The molecule has 0 radical (unpaired) electrons. The van der Waals surface area contributed by atoms with E-state index in [0.717, 1.165) is 15.5 Å². The molecule has 1 aromatic carbocycles. The van der Waals surface area contributed by atoms with E-state index in [4.69, 9.17) is 0 Å². The number of rotatable bonds is 5. The van der Waals surface area contributed by atoms with Crippen LogP contribution in [-0.4, -0.2) is 54.2 Å². The van der Waals surface area contributed by atoms with Crippen molar-refractivity contribution in [1.29, 1.82) is 0 Å². The summed E-state index contributed by atoms with van der Waals surface area (Å²) < 4.78 is 79.0. The van der Waals surface area contributed by atoms with Crippen LogP contribution < -0.4 is 0 Å². The van der Waals surface area contributed by atoms with Crippen molar-refractivity contribution < 1.29 is 35.9 Å². The highest BCUT2D eigenvalue weighted by atomic mass is 32.2. The zero-order valence-corrected chi connectivity index (χ0v) is 15.9. The van der Waals surface area contributed by atoms with Gasteiger partial charge in [0.15, 0.2) is 0 Å². The van der Waals surface area contributed by atoms with Gasteiger partial charge in [0.1, 0.15) is 5.82 Å². The second-order valence-corrected chi connectivity index (χ2v) is 9.20. The molecule has 1 aliphatic heterocycles. The van der Waals surface area contributed by atoms with Gasteiger partial charge in [-0.3, -0.25) is 0 Å². The van der Waals surface area contributed by atoms with Crippen molar-refractivity contribution >= 4 is 16.1 Å². The van der Waals surface area contributed by atoms with Gasteiger partial charge in [0, 0.05) is 19.1 Å². The van der Waals surface area contributed by atoms with Crippen LogP contribution in [0.4, 0.5) is 22.4 Å². The van der Waals surface area contributed by atoms with E-state index < -0.39 is 45.3 Å². The number of alkyl halides is 3. The lowest BCUT2D eigenvalue weighted by atomic mass is 10.0. The van der Waals surface area contributed by atoms with Crippen molar-refractivity contribution in [1.82, 2.24) is 9.21 Å². The van der Waals surface area contributed by atoms with E-state index in [9.17, 15) is 35.9 Å². The van der Waals surface area contributed by atoms with Gasteiger partial charge in [-0.15, -0.1) is 0 Å². The third-order valence-electron chi connectivity index (χ3n) is 5.41. The Kier molecular flexibility index (Phi) is 5.11. The molecule has 1 saturated heterocycles. The van der Waals surface area contributed by atoms with Crippen molar-refractivity contribution in [2.45, 2.75) is 43.4 Å². The topological polar surface area (TPSA) is 77.9 Å². The maximum absolute atomic E-state index is 13.7. The highest BCUT2D eigenvalue weighted by molar-refractivity contribution is 7.88. The van der Waals surface area contributed by atoms with Gasteiger partial charge in [0.05, 0.1) is 17.4 Å². The van der Waals surface area contributed by atoms with E-state index in [-0.39, 0.29) is 31.5 Å². The predicted octanol–water partition coefficient (Wildman–Crippen LogP) is 3.24. The van der Waals surface area contributed by atoms with Crippen LogP contribution in [0.2, 0.25) is 0 Å². The van der Waals surface area contributed by atoms with Crippen LogP contribution in [0.15, 0.2) is 18.2 Å². The first-order chi connectivity index (χ1) is 12.9. The minimum Gasteiger partial charge on any atom is -0.465 e. The van der Waals surface area contributed by atoms with Crippen LogP contribution in [0.3, 0.4) is 0 Å². The van der Waals surface area contributed by atoms with E-state index in [0.29, 0.717) is 25.0 Å². The van der Waals surface area contributed by atoms with Gasteiger partial charge in [0.2, 0.25) is 10.0 Å². The largest absolute Gasteiger partial charge is 0.465 e. The van der Waals surface area contributed by atoms with Crippen LogP contribution >= 0.6 is 0 Å². The summed E-state index contributed by atoms with van der Waals surface area (Å²) in [7, 11) is -3.86. The average molecular weight is 424 g/mol. The average Bonchev–Trinajstić information content (AvgIpc) is 3.20. The molecule has 2 aliphatic rings. The van der Waals surface area contributed by atoms with Gasteiger partial charge in [-0.25, -0.2) is 17.6 Å². The Bertz CT molecular complexity index is 884. The van der Waals surface area contributed by atoms with Crippen molar-refractivity contribution in [3.63, 3.8) is 0 Å². The molecule has 28 heavy (non-hydrogen) atoms. The molecule has 6 nitrogen and oxygen atoms in total. The van der Waals surface area contributed by atoms with Gasteiger partial charge >= 0.3 is 12.3 Å². The van der Waals surface area contributed by atoms with Gasteiger partial charge in [-0.05, 0) is 43.4 Å². The third-order valence-corrected chi connectivity index (χ3v) is 6.71. The summed E-state index contributed by atoms with van der Waals surface area (Å²) in [6, 6.07) is 1.94. The van der Waals surface area contributed by atoms with Crippen LogP contribution in [0, 0.1) is 5.82 Å². The number of nitrogens with zero attached hydrogens (tertiary/aromatic N) is 2. The Morgan fingerprint density at radius 2 is 2.00 bits per heavy atom. The summed E-state index contributed by atoms with van der Waals surface area (Å²) in [5.74, 6) is -1.43. The Labute approximate surface area is 159 Å². The summed E-state index contributed by atoms with van der Waals surface area (Å²) in [5.41, 5.74) is -2.60. The number of amides is 1. The molecule has 1 atom stereocenters. The maximum Gasteiger partial charge on any atom is 0.419 e. The van der Waals surface area contributed by atoms with Crippen LogP contribution in [0.5, 0.6) is 0 Å². The zero-order valence-electron chi connectivity index (χ0n) is 15.0. The lowest BCUT2D eigenvalue weighted by Crippen LogP contribution is -2.48. The molecule has 1 aromatic rings. The molecule has 1 heterocycles. The molecule has 0 bridgehead atoms. The normalized spacial score (nSPS) is 21.9. The molecule has 1 saturated carbocycles. The van der Waals surface area contributed by atoms with E-state index in [1.54, 1.807) is 0 Å². The lowest BCUT2D eigenvalue weighted by molar-refractivity contribution is -0.140. The molecule has 1 aliphatic carbocycles. The summed E-state index contributed by atoms with van der Waals surface area (Å²) in [6.45, 7) is 0.128. The molecule has 1 amide bonds. The molecule has 3 rings (SSSR count). The molecular weight excluding hydrogens is 404 g/mol. The van der Waals surface area contributed by atoms with E-state index in [2.05, 4.69) is 0 Å². The fraction of sp³-hybridized carbons (Fsp3) is 0.588. The van der Waals surface area contributed by atoms with Crippen LogP contribution in [-0.2, 0) is 21.7 Å². The minimum absolute atomic E-state index is 0.0616. The summed E-state index contributed by atoms with van der Waals surface area (Å²) >= 11 is 0. The lowest BCUT2D eigenvalue weighted by Gasteiger charge is -2.34. The van der Waals surface area contributed by atoms with Crippen molar-refractivity contribution in [2.24, 2.45) is 0 Å². The number of sulfonamides is 1. The minimum atomic E-state index is -4.91. The molecular formula is C17H20F4N2O4S. The SMILES string of the molecule is CS(=O)(=O)N(C[C@H]1CCCN1C(=O)O)C1(c2ccc(F)c(C(F)(F)F)c2)CC1. The number of carbonyl (C=O) groups is 1. The Hall–Kier alpha value is -1.88. The van der Waals surface area contributed by atoms with Crippen molar-refractivity contribution in [3.8, 4) is 0 Å². The van der Waals surface area contributed by atoms with Gasteiger partial charge in [-0.2, -0.15) is 17.5 Å². The fourth-order valence-corrected chi connectivity index (χ4v) is 5.29. The molecule has 0 spiro atoms. The maximum atomic E-state index is 13.7. The predicted molar refractivity (Wildman–Crippen MR) is 91.6 cm³/mol. The van der Waals surface area contributed by atoms with Crippen molar-refractivity contribution in [3.05, 3.63) is 35.1 Å². The third kappa shape index (κ3) is 3.82. The molecule has 11 heteroatoms. The molecule has 2 fully saturated rings. The monoisotopic (exact) mass is 424 g/mol. The molecule has 0 aromatic heterocycles. The first-order valence-corrected chi connectivity index (χ1v) is 10.6. The number of halogens is 4. The molecule has 0 unspecified atom stereocenters. The number of carboxylic acid groups (broad SMARTS) is 1. The second-order valence-electron chi connectivity index (χ2n) is 7.29. The summed E-state index contributed by atoms with van der Waals surface area (Å²) in [6.07, 6.45) is -3.52. The van der Waals surface area contributed by atoms with E-state index in [1.165, 1.54) is 6.07 Å². The summed E-state index contributed by atoms with van der Waals surface area (Å²) in [4.78, 5) is 12.5. The molecule has 1 N–H and O–H groups in total. The fourth-order valence-electron chi connectivity index (χ4n) is 3.93. The number of hydrogen-bond donors (Lipinski definition) is 1. The van der Waals surface area contributed by atoms with Gasteiger partial charge < -0.3 is 10.0 Å². The number of hydrogen-bond acceptors (Lipinski definition) is 3. The highest BCUT2D eigenvalue weighted by Crippen LogP contribution is 2.53. The van der Waals surface area contributed by atoms with Crippen molar-refractivity contribution in [2.75, 3.05) is 19.3 Å². The second kappa shape index (κ2) is 6.87. The Balaban J connectivity index is 1.99. The molecule has 156 valence electrons. The zero-order chi connectivity index (χ0) is 20.9. The van der Waals surface area contributed by atoms with Gasteiger partial charge in [0.25, 0.3) is 0 Å². The quantitative estimate of drug-likeness (QED) is 0.737. The Morgan fingerprint density at radius 1 is 1.36 bits per heavy atom. The van der Waals surface area contributed by atoms with Crippen LogP contribution in [0.1, 0.15) is 36.8 Å². The van der Waals surface area contributed by atoms with Crippen LogP contribution in [0.25, 0.3) is 0 Å². The first-order valence-electron chi connectivity index (χ1n) is 8.71. The number of benzene rings is 1. The van der Waals surface area contributed by atoms with Gasteiger partial charge in [-0.1, -0.05) is 6.07 Å². The first kappa shape index (κ1) is 20.8. The standard InChI is InChI=1S/C17H20F4N2O4S/c1-28(26,27)23(10-12-3-2-8-22(12)15(24)25)16(6-7-16)11-4-5-14(18)13(9-11)17(19,20)21/h4-5,9,12H,2-3,6-8,10H2,1H3,(H,24,25)/t12-/m1/s1. The Morgan fingerprint density at radius 3 is 2.50 bits per heavy atom.